The average molecular weight is 323 g/mol. The Morgan fingerprint density at radius 2 is 2.13 bits per heavy atom. The zero-order valence-corrected chi connectivity index (χ0v) is 13.0. The quantitative estimate of drug-likeness (QED) is 0.756. The van der Waals surface area contributed by atoms with E-state index in [1.807, 2.05) is 0 Å². The number of hydrogen-bond donors (Lipinski definition) is 2. The Hall–Kier alpha value is -2.12. The maximum atomic E-state index is 12.0. The highest BCUT2D eigenvalue weighted by atomic mass is 16.5. The lowest BCUT2D eigenvalue weighted by molar-refractivity contribution is -0.139. The lowest BCUT2D eigenvalue weighted by Gasteiger charge is -2.16. The molecule has 0 aromatic heterocycles. The van der Waals surface area contributed by atoms with Crippen LogP contribution in [0.2, 0.25) is 0 Å². The maximum Gasteiger partial charge on any atom is 0.341 e. The monoisotopic (exact) mass is 323 g/mol. The number of rotatable bonds is 8. The number of carbonyl (C=O) groups excluding carboxylic acids is 1. The second-order valence-corrected chi connectivity index (χ2v) is 5.31. The minimum atomic E-state index is -1.04. The first-order valence-electron chi connectivity index (χ1n) is 7.53. The van der Waals surface area contributed by atoms with E-state index in [4.69, 9.17) is 19.3 Å². The summed E-state index contributed by atoms with van der Waals surface area (Å²) in [6.07, 6.45) is 1.50. The summed E-state index contributed by atoms with van der Waals surface area (Å²) in [5.41, 5.74) is 0.588. The molecule has 1 aromatic rings. The zero-order valence-electron chi connectivity index (χ0n) is 13.0. The van der Waals surface area contributed by atoms with Crippen molar-refractivity contribution in [2.24, 2.45) is 0 Å². The van der Waals surface area contributed by atoms with Gasteiger partial charge in [0.2, 0.25) is 0 Å². The maximum absolute atomic E-state index is 12.0. The first-order chi connectivity index (χ1) is 11.0. The van der Waals surface area contributed by atoms with Gasteiger partial charge in [0, 0.05) is 12.3 Å². The number of aliphatic carboxylic acids is 1. The van der Waals surface area contributed by atoms with Gasteiger partial charge >= 0.3 is 5.97 Å². The molecule has 23 heavy (non-hydrogen) atoms. The summed E-state index contributed by atoms with van der Waals surface area (Å²) >= 11 is 0. The predicted molar refractivity (Wildman–Crippen MR) is 82.6 cm³/mol. The molecule has 1 heterocycles. The second-order valence-electron chi connectivity index (χ2n) is 5.31. The normalized spacial score (nSPS) is 18.4. The molecule has 1 fully saturated rings. The van der Waals surface area contributed by atoms with E-state index in [1.165, 1.54) is 0 Å². The first-order valence-corrected chi connectivity index (χ1v) is 7.53. The number of carboxylic acids is 1. The Bertz CT molecular complexity index is 524. The second kappa shape index (κ2) is 8.50. The predicted octanol–water partition coefficient (Wildman–Crippen LogP) is 1.67. The molecule has 1 aliphatic heterocycles. The molecule has 0 radical (unpaired) electrons. The number of carboxylic acid groups (broad SMARTS) is 1. The van der Waals surface area contributed by atoms with Gasteiger partial charge < -0.3 is 24.6 Å². The lowest BCUT2D eigenvalue weighted by Crippen LogP contribution is -2.30. The van der Waals surface area contributed by atoms with E-state index < -0.39 is 18.7 Å². The molecule has 7 heteroatoms. The van der Waals surface area contributed by atoms with Crippen LogP contribution in [0.15, 0.2) is 24.3 Å². The van der Waals surface area contributed by atoms with E-state index in [2.05, 4.69) is 5.32 Å². The van der Waals surface area contributed by atoms with Crippen LogP contribution >= 0.6 is 0 Å². The van der Waals surface area contributed by atoms with Gasteiger partial charge in [-0.1, -0.05) is 0 Å². The Balaban J connectivity index is 1.75. The van der Waals surface area contributed by atoms with Gasteiger partial charge in [-0.3, -0.25) is 4.79 Å². The van der Waals surface area contributed by atoms with Crippen molar-refractivity contribution in [3.05, 3.63) is 24.3 Å². The number of anilines is 1. The van der Waals surface area contributed by atoms with Crippen LogP contribution in [0.4, 0.5) is 5.69 Å². The van der Waals surface area contributed by atoms with E-state index in [0.717, 1.165) is 19.4 Å². The molecule has 0 aliphatic carbocycles. The molecule has 1 aliphatic rings. The largest absolute Gasteiger partial charge is 0.482 e. The van der Waals surface area contributed by atoms with Gasteiger partial charge in [0.15, 0.2) is 6.61 Å². The van der Waals surface area contributed by atoms with Gasteiger partial charge in [-0.05, 0) is 44.0 Å². The smallest absolute Gasteiger partial charge is 0.341 e. The fourth-order valence-corrected chi connectivity index (χ4v) is 2.13. The van der Waals surface area contributed by atoms with Crippen LogP contribution in [0.25, 0.3) is 0 Å². The number of hydrogen-bond acceptors (Lipinski definition) is 5. The number of benzene rings is 1. The topological polar surface area (TPSA) is 94.1 Å². The molecule has 0 spiro atoms. The lowest BCUT2D eigenvalue weighted by atomic mass is 10.2. The highest BCUT2D eigenvalue weighted by molar-refractivity contribution is 5.93. The number of nitrogens with one attached hydrogen (secondary N) is 1. The molecular formula is C16H21NO6. The summed E-state index contributed by atoms with van der Waals surface area (Å²) in [5.74, 6) is -0.866. The SMILES string of the molecule is CC(OCC1CCCO1)C(=O)Nc1ccc(OCC(=O)O)cc1. The number of amides is 1. The van der Waals surface area contributed by atoms with E-state index in [-0.39, 0.29) is 12.0 Å². The van der Waals surface area contributed by atoms with Gasteiger partial charge in [0.1, 0.15) is 11.9 Å². The Kier molecular flexibility index (Phi) is 6.37. The molecule has 0 saturated carbocycles. The number of ether oxygens (including phenoxy) is 3. The molecule has 2 rings (SSSR count). The molecule has 1 aromatic carbocycles. The van der Waals surface area contributed by atoms with Crippen LogP contribution in [0.1, 0.15) is 19.8 Å². The molecular weight excluding hydrogens is 302 g/mol. The van der Waals surface area contributed by atoms with E-state index in [1.54, 1.807) is 31.2 Å². The van der Waals surface area contributed by atoms with Crippen molar-refractivity contribution < 1.29 is 28.9 Å². The van der Waals surface area contributed by atoms with Crippen molar-refractivity contribution in [2.75, 3.05) is 25.1 Å². The summed E-state index contributed by atoms with van der Waals surface area (Å²) in [7, 11) is 0. The van der Waals surface area contributed by atoms with Crippen molar-refractivity contribution in [3.8, 4) is 5.75 Å². The van der Waals surface area contributed by atoms with Crippen LogP contribution in [-0.4, -0.2) is 49.0 Å². The molecule has 7 nitrogen and oxygen atoms in total. The summed E-state index contributed by atoms with van der Waals surface area (Å²) in [5, 5.41) is 11.3. The molecule has 1 saturated heterocycles. The van der Waals surface area contributed by atoms with Crippen LogP contribution in [0, 0.1) is 0 Å². The third kappa shape index (κ3) is 5.88. The number of carbonyl (C=O) groups is 2. The van der Waals surface area contributed by atoms with Crippen molar-refractivity contribution >= 4 is 17.6 Å². The van der Waals surface area contributed by atoms with Crippen LogP contribution < -0.4 is 10.1 Å². The third-order valence-electron chi connectivity index (χ3n) is 3.41. The summed E-state index contributed by atoms with van der Waals surface area (Å²) in [4.78, 5) is 22.4. The van der Waals surface area contributed by atoms with Crippen molar-refractivity contribution in [2.45, 2.75) is 32.0 Å². The first kappa shape index (κ1) is 17.2. The van der Waals surface area contributed by atoms with E-state index in [9.17, 15) is 9.59 Å². The molecule has 2 unspecified atom stereocenters. The Morgan fingerprint density at radius 1 is 1.39 bits per heavy atom. The van der Waals surface area contributed by atoms with Crippen LogP contribution in [0.3, 0.4) is 0 Å². The van der Waals surface area contributed by atoms with E-state index >= 15 is 0 Å². The van der Waals surface area contributed by atoms with Crippen molar-refractivity contribution in [1.29, 1.82) is 0 Å². The Labute approximate surface area is 134 Å². The van der Waals surface area contributed by atoms with Gasteiger partial charge in [0.25, 0.3) is 5.91 Å². The van der Waals surface area contributed by atoms with Gasteiger partial charge in [0.05, 0.1) is 12.7 Å². The Morgan fingerprint density at radius 3 is 2.74 bits per heavy atom. The standard InChI is InChI=1S/C16H21NO6/c1-11(22-9-14-3-2-8-21-14)16(20)17-12-4-6-13(7-5-12)23-10-15(18)19/h4-7,11,14H,2-3,8-10H2,1H3,(H,17,20)(H,18,19). The highest BCUT2D eigenvalue weighted by Crippen LogP contribution is 2.17. The van der Waals surface area contributed by atoms with Crippen LogP contribution in [-0.2, 0) is 19.1 Å². The molecule has 1 amide bonds. The van der Waals surface area contributed by atoms with E-state index in [0.29, 0.717) is 18.0 Å². The highest BCUT2D eigenvalue weighted by Gasteiger charge is 2.19. The van der Waals surface area contributed by atoms with Crippen molar-refractivity contribution in [3.63, 3.8) is 0 Å². The fourth-order valence-electron chi connectivity index (χ4n) is 2.13. The summed E-state index contributed by atoms with van der Waals surface area (Å²) in [6.45, 7) is 2.45. The van der Waals surface area contributed by atoms with Gasteiger partial charge in [-0.2, -0.15) is 0 Å². The van der Waals surface area contributed by atoms with Crippen molar-refractivity contribution in [1.82, 2.24) is 0 Å². The summed E-state index contributed by atoms with van der Waals surface area (Å²) in [6, 6.07) is 6.47. The minimum absolute atomic E-state index is 0.0796. The molecule has 2 atom stereocenters. The third-order valence-corrected chi connectivity index (χ3v) is 3.41. The summed E-state index contributed by atoms with van der Waals surface area (Å²) < 4.78 is 16.0. The zero-order chi connectivity index (χ0) is 16.7. The fraction of sp³-hybridized carbons (Fsp3) is 0.500. The van der Waals surface area contributed by atoms with Gasteiger partial charge in [-0.15, -0.1) is 0 Å². The molecule has 126 valence electrons. The molecule has 2 N–H and O–H groups in total. The average Bonchev–Trinajstić information content (AvgIpc) is 3.05. The molecule has 0 bridgehead atoms. The minimum Gasteiger partial charge on any atom is -0.482 e. The van der Waals surface area contributed by atoms with Gasteiger partial charge in [-0.25, -0.2) is 4.79 Å². The van der Waals surface area contributed by atoms with Crippen LogP contribution in [0.5, 0.6) is 5.75 Å².